The van der Waals surface area contributed by atoms with Gasteiger partial charge in [-0.05, 0) is 52.0 Å². The van der Waals surface area contributed by atoms with Crippen LogP contribution in [0.5, 0.6) is 0 Å². The Balaban J connectivity index is 2.54. The molecule has 1 N–H and O–H groups in total. The maximum Gasteiger partial charge on any atom is 0.208 e. The van der Waals surface area contributed by atoms with Crippen LogP contribution in [0.1, 0.15) is 25.0 Å². The second kappa shape index (κ2) is 5.45. The monoisotopic (exact) mass is 273 g/mol. The van der Waals surface area contributed by atoms with Gasteiger partial charge in [-0.3, -0.25) is 0 Å². The van der Waals surface area contributed by atoms with Crippen LogP contribution in [-0.4, -0.2) is 10.6 Å². The fraction of sp³-hybridized carbons (Fsp3) is 0.294. The van der Waals surface area contributed by atoms with Crippen molar-refractivity contribution in [3.05, 3.63) is 59.7 Å². The molecule has 19 heavy (non-hydrogen) atoms. The third-order valence-corrected chi connectivity index (χ3v) is 7.27. The Hall–Kier alpha value is -1.17. The summed E-state index contributed by atoms with van der Waals surface area (Å²) in [5, 5.41) is 2.13. The van der Waals surface area contributed by atoms with Crippen LogP contribution in [0.15, 0.2) is 48.5 Å². The lowest BCUT2D eigenvalue weighted by atomic mass is 10.2. The number of hydrogen-bond acceptors (Lipinski definition) is 1. The Bertz CT molecular complexity index is 495. The maximum atomic E-state index is 11.3. The first-order valence-electron chi connectivity index (χ1n) is 6.70. The Kier molecular flexibility index (Phi) is 4.08. The highest BCUT2D eigenvalue weighted by Crippen LogP contribution is 2.56. The van der Waals surface area contributed by atoms with E-state index in [9.17, 15) is 4.89 Å². The van der Waals surface area contributed by atoms with Crippen LogP contribution in [-0.2, 0) is 0 Å². The number of benzene rings is 2. The second-order valence-electron chi connectivity index (χ2n) is 5.45. The molecule has 0 aliphatic carbocycles. The van der Waals surface area contributed by atoms with Crippen molar-refractivity contribution < 1.29 is 4.89 Å². The summed E-state index contributed by atoms with van der Waals surface area (Å²) in [6.45, 7) is 8.35. The number of hydrogen-bond donors (Lipinski definition) is 1. The Morgan fingerprint density at radius 1 is 0.737 bits per heavy atom. The first-order chi connectivity index (χ1) is 8.94. The molecule has 100 valence electrons. The molecule has 0 saturated carbocycles. The first kappa shape index (κ1) is 14.2. The molecule has 0 atom stereocenters. The zero-order chi connectivity index (χ0) is 14.0. The molecule has 0 aliphatic rings. The predicted molar refractivity (Wildman–Crippen MR) is 85.9 cm³/mol. The molecule has 0 aliphatic heterocycles. The largest absolute Gasteiger partial charge is 0.240 e. The Morgan fingerprint density at radius 2 is 1.05 bits per heavy atom. The molecule has 0 heterocycles. The molecule has 2 aromatic carbocycles. The Labute approximate surface area is 116 Å². The van der Waals surface area contributed by atoms with E-state index in [0.29, 0.717) is 0 Å². The molecule has 0 fully saturated rings. The standard InChI is InChI=1S/C17H22OP/c1-13(2)19(18,16-9-5-14(3)6-10-16)17-11-7-15(4)8-12-17/h5-13,18H,1-4H3/q+1. The van der Waals surface area contributed by atoms with Crippen molar-refractivity contribution in [1.29, 1.82) is 0 Å². The van der Waals surface area contributed by atoms with Gasteiger partial charge in [-0.1, -0.05) is 35.4 Å². The van der Waals surface area contributed by atoms with E-state index in [1.165, 1.54) is 11.1 Å². The van der Waals surface area contributed by atoms with Gasteiger partial charge in [0.25, 0.3) is 0 Å². The number of rotatable bonds is 3. The number of aryl methyl sites for hydroxylation is 2. The van der Waals surface area contributed by atoms with Crippen molar-refractivity contribution in [3.63, 3.8) is 0 Å². The molecule has 2 rings (SSSR count). The van der Waals surface area contributed by atoms with Gasteiger partial charge in [-0.25, -0.2) is 4.89 Å². The fourth-order valence-electron chi connectivity index (χ4n) is 2.29. The van der Waals surface area contributed by atoms with Gasteiger partial charge in [-0.2, -0.15) is 0 Å². The van der Waals surface area contributed by atoms with Crippen molar-refractivity contribution in [2.75, 3.05) is 0 Å². The SMILES string of the molecule is Cc1ccc([P+](O)(c2ccc(C)cc2)C(C)C)cc1. The summed E-state index contributed by atoms with van der Waals surface area (Å²) in [7, 11) is -2.29. The third-order valence-electron chi connectivity index (χ3n) is 3.60. The summed E-state index contributed by atoms with van der Waals surface area (Å²) < 4.78 is 0. The Morgan fingerprint density at radius 3 is 1.32 bits per heavy atom. The van der Waals surface area contributed by atoms with Crippen LogP contribution in [0, 0.1) is 13.8 Å². The van der Waals surface area contributed by atoms with Gasteiger partial charge in [0, 0.05) is 0 Å². The molecular formula is C17H22OP+. The minimum atomic E-state index is -2.29. The zero-order valence-corrected chi connectivity index (χ0v) is 13.0. The van der Waals surface area contributed by atoms with Gasteiger partial charge >= 0.3 is 0 Å². The third kappa shape index (κ3) is 2.73. The van der Waals surface area contributed by atoms with E-state index in [4.69, 9.17) is 0 Å². The van der Waals surface area contributed by atoms with Crippen molar-refractivity contribution >= 4 is 18.1 Å². The topological polar surface area (TPSA) is 20.2 Å². The van der Waals surface area contributed by atoms with E-state index in [1.807, 2.05) is 0 Å². The lowest BCUT2D eigenvalue weighted by Crippen LogP contribution is -2.28. The molecule has 0 unspecified atom stereocenters. The molecule has 0 radical (unpaired) electrons. The van der Waals surface area contributed by atoms with Gasteiger partial charge < -0.3 is 0 Å². The van der Waals surface area contributed by atoms with Crippen molar-refractivity contribution in [1.82, 2.24) is 0 Å². The predicted octanol–water partition coefficient (Wildman–Crippen LogP) is 3.59. The molecule has 1 nitrogen and oxygen atoms in total. The van der Waals surface area contributed by atoms with Crippen molar-refractivity contribution in [2.24, 2.45) is 0 Å². The molecule has 0 amide bonds. The van der Waals surface area contributed by atoms with E-state index >= 15 is 0 Å². The summed E-state index contributed by atoms with van der Waals surface area (Å²) in [4.78, 5) is 11.3. The average molecular weight is 273 g/mol. The van der Waals surface area contributed by atoms with Gasteiger partial charge in [-0.15, -0.1) is 0 Å². The fourth-order valence-corrected chi connectivity index (χ4v) is 4.99. The van der Waals surface area contributed by atoms with Crippen LogP contribution in [0.2, 0.25) is 0 Å². The molecule has 0 bridgehead atoms. The van der Waals surface area contributed by atoms with E-state index in [1.54, 1.807) is 0 Å². The second-order valence-corrected chi connectivity index (χ2v) is 8.89. The van der Waals surface area contributed by atoms with Crippen LogP contribution >= 0.6 is 7.49 Å². The first-order valence-corrected chi connectivity index (χ1v) is 8.51. The van der Waals surface area contributed by atoms with Crippen LogP contribution in [0.4, 0.5) is 0 Å². The highest BCUT2D eigenvalue weighted by Gasteiger charge is 2.44. The van der Waals surface area contributed by atoms with E-state index in [0.717, 1.165) is 10.6 Å². The minimum absolute atomic E-state index is 0.220. The quantitative estimate of drug-likeness (QED) is 0.847. The van der Waals surface area contributed by atoms with Gasteiger partial charge in [0.05, 0.1) is 5.66 Å². The van der Waals surface area contributed by atoms with E-state index < -0.39 is 7.49 Å². The van der Waals surface area contributed by atoms with Gasteiger partial charge in [0.1, 0.15) is 10.6 Å². The molecule has 0 aromatic heterocycles. The molecule has 0 spiro atoms. The summed E-state index contributed by atoms with van der Waals surface area (Å²) in [5.74, 6) is 0. The van der Waals surface area contributed by atoms with Crippen LogP contribution < -0.4 is 10.6 Å². The van der Waals surface area contributed by atoms with E-state index in [-0.39, 0.29) is 5.66 Å². The summed E-state index contributed by atoms with van der Waals surface area (Å²) in [6, 6.07) is 16.6. The van der Waals surface area contributed by atoms with Gasteiger partial charge in [0.2, 0.25) is 7.49 Å². The van der Waals surface area contributed by atoms with Crippen molar-refractivity contribution in [2.45, 2.75) is 33.4 Å². The van der Waals surface area contributed by atoms with Crippen molar-refractivity contribution in [3.8, 4) is 0 Å². The lowest BCUT2D eigenvalue weighted by molar-refractivity contribution is 0.610. The molecular weight excluding hydrogens is 251 g/mol. The smallest absolute Gasteiger partial charge is 0.208 e. The molecule has 0 saturated heterocycles. The minimum Gasteiger partial charge on any atom is -0.240 e. The van der Waals surface area contributed by atoms with Gasteiger partial charge in [0.15, 0.2) is 0 Å². The highest BCUT2D eigenvalue weighted by molar-refractivity contribution is 7.85. The highest BCUT2D eigenvalue weighted by atomic mass is 31.2. The summed E-state index contributed by atoms with van der Waals surface area (Å²) >= 11 is 0. The lowest BCUT2D eigenvalue weighted by Gasteiger charge is -2.24. The van der Waals surface area contributed by atoms with Crippen LogP contribution in [0.3, 0.4) is 0 Å². The summed E-state index contributed by atoms with van der Waals surface area (Å²) in [6.07, 6.45) is 0. The normalized spacial score (nSPS) is 11.9. The molecule has 2 aromatic rings. The zero-order valence-electron chi connectivity index (χ0n) is 12.1. The summed E-state index contributed by atoms with van der Waals surface area (Å²) in [5.41, 5.74) is 2.67. The maximum absolute atomic E-state index is 11.3. The van der Waals surface area contributed by atoms with Crippen LogP contribution in [0.25, 0.3) is 0 Å². The average Bonchev–Trinajstić information content (AvgIpc) is 2.39. The van der Waals surface area contributed by atoms with E-state index in [2.05, 4.69) is 76.2 Å². The molecule has 2 heteroatoms.